The summed E-state index contributed by atoms with van der Waals surface area (Å²) < 4.78 is 4.84. The molecule has 0 radical (unpaired) electrons. The molecule has 3 atom stereocenters. The van der Waals surface area contributed by atoms with Crippen molar-refractivity contribution in [3.63, 3.8) is 0 Å². The predicted molar refractivity (Wildman–Crippen MR) is 119 cm³/mol. The van der Waals surface area contributed by atoms with E-state index in [1.807, 2.05) is 67.6 Å². The van der Waals surface area contributed by atoms with Crippen molar-refractivity contribution in [2.24, 2.45) is 0 Å². The van der Waals surface area contributed by atoms with Gasteiger partial charge in [0.2, 0.25) is 11.8 Å². The average molecular weight is 426 g/mol. The van der Waals surface area contributed by atoms with E-state index in [1.54, 1.807) is 7.05 Å². The van der Waals surface area contributed by atoms with Gasteiger partial charge >= 0.3 is 5.97 Å². The number of hydrogen-bond acceptors (Lipinski definition) is 5. The first-order chi connectivity index (χ1) is 14.9. The molecule has 7 heteroatoms. The molecule has 2 aromatic carbocycles. The standard InChI is InChI=1S/C24H31N3O4/c1-17(19-12-8-5-9-13-19)26-22(28)15-14-20(25-2)23(29)27-21(24(30)31-3)16-18-10-6-4-7-11-18/h4-13,17,20-21,25H,14-16H2,1-3H3,(H,26,28)(H,27,29)/t17-,20+,21+/m1/s1. The number of carbonyl (C=O) groups excluding carboxylic acids is 3. The van der Waals surface area contributed by atoms with Gasteiger partial charge in [-0.25, -0.2) is 4.79 Å². The molecule has 0 heterocycles. The Hall–Kier alpha value is -3.19. The molecule has 2 rings (SSSR count). The first kappa shape index (κ1) is 24.1. The predicted octanol–water partition coefficient (Wildman–Crippen LogP) is 2.13. The van der Waals surface area contributed by atoms with Crippen LogP contribution in [0.5, 0.6) is 0 Å². The maximum absolute atomic E-state index is 12.7. The summed E-state index contributed by atoms with van der Waals surface area (Å²) >= 11 is 0. The zero-order chi connectivity index (χ0) is 22.6. The highest BCUT2D eigenvalue weighted by Crippen LogP contribution is 2.12. The Labute approximate surface area is 183 Å². The van der Waals surface area contributed by atoms with Crippen molar-refractivity contribution in [1.29, 1.82) is 0 Å². The SMILES string of the molecule is CN[C@@H](CCC(=O)N[C@H](C)c1ccccc1)C(=O)N[C@@H](Cc1ccccc1)C(=O)OC. The number of amides is 2. The quantitative estimate of drug-likeness (QED) is 0.479. The highest BCUT2D eigenvalue weighted by Gasteiger charge is 2.26. The molecule has 166 valence electrons. The Morgan fingerprint density at radius 2 is 1.52 bits per heavy atom. The summed E-state index contributed by atoms with van der Waals surface area (Å²) in [6.07, 6.45) is 0.803. The molecule has 3 N–H and O–H groups in total. The van der Waals surface area contributed by atoms with Gasteiger partial charge in [0.25, 0.3) is 0 Å². The largest absolute Gasteiger partial charge is 0.467 e. The first-order valence-electron chi connectivity index (χ1n) is 10.4. The summed E-state index contributed by atoms with van der Waals surface area (Å²) in [4.78, 5) is 37.2. The number of likely N-dealkylation sites (N-methyl/N-ethyl adjacent to an activating group) is 1. The second-order valence-electron chi connectivity index (χ2n) is 7.35. The van der Waals surface area contributed by atoms with Crippen LogP contribution in [0.1, 0.15) is 36.9 Å². The summed E-state index contributed by atoms with van der Waals surface area (Å²) in [6.45, 7) is 1.92. The lowest BCUT2D eigenvalue weighted by atomic mass is 10.0. The van der Waals surface area contributed by atoms with E-state index in [9.17, 15) is 14.4 Å². The summed E-state index contributed by atoms with van der Waals surface area (Å²) in [5, 5.41) is 8.62. The number of hydrogen-bond donors (Lipinski definition) is 3. The van der Waals surface area contributed by atoms with Gasteiger partial charge in [-0.05, 0) is 31.5 Å². The molecular formula is C24H31N3O4. The number of esters is 1. The van der Waals surface area contributed by atoms with Crippen molar-refractivity contribution in [3.05, 3.63) is 71.8 Å². The number of nitrogens with one attached hydrogen (secondary N) is 3. The molecule has 0 unspecified atom stereocenters. The Balaban J connectivity index is 1.90. The fraction of sp³-hybridized carbons (Fsp3) is 0.375. The van der Waals surface area contributed by atoms with Gasteiger partial charge in [0.1, 0.15) is 6.04 Å². The van der Waals surface area contributed by atoms with Crippen LogP contribution in [0.3, 0.4) is 0 Å². The van der Waals surface area contributed by atoms with E-state index >= 15 is 0 Å². The average Bonchev–Trinajstić information content (AvgIpc) is 2.79. The summed E-state index contributed by atoms with van der Waals surface area (Å²) in [5.74, 6) is -1.00. The zero-order valence-electron chi connectivity index (χ0n) is 18.3. The first-order valence-corrected chi connectivity index (χ1v) is 10.4. The van der Waals surface area contributed by atoms with Gasteiger partial charge in [0, 0.05) is 12.8 Å². The van der Waals surface area contributed by atoms with Crippen molar-refractivity contribution in [2.45, 2.75) is 44.3 Å². The van der Waals surface area contributed by atoms with Crippen LogP contribution in [-0.2, 0) is 25.5 Å². The van der Waals surface area contributed by atoms with Crippen molar-refractivity contribution >= 4 is 17.8 Å². The van der Waals surface area contributed by atoms with E-state index < -0.39 is 18.1 Å². The zero-order valence-corrected chi connectivity index (χ0v) is 18.3. The third-order valence-corrected chi connectivity index (χ3v) is 5.09. The maximum Gasteiger partial charge on any atom is 0.328 e. The lowest BCUT2D eigenvalue weighted by molar-refractivity contribution is -0.145. The van der Waals surface area contributed by atoms with Gasteiger partial charge in [-0.2, -0.15) is 0 Å². The van der Waals surface area contributed by atoms with Crippen molar-refractivity contribution in [3.8, 4) is 0 Å². The highest BCUT2D eigenvalue weighted by molar-refractivity contribution is 5.88. The smallest absolute Gasteiger partial charge is 0.328 e. The van der Waals surface area contributed by atoms with Crippen LogP contribution in [0, 0.1) is 0 Å². The van der Waals surface area contributed by atoms with Crippen molar-refractivity contribution in [1.82, 2.24) is 16.0 Å². The van der Waals surface area contributed by atoms with Gasteiger partial charge < -0.3 is 20.7 Å². The van der Waals surface area contributed by atoms with E-state index in [1.165, 1.54) is 7.11 Å². The number of rotatable bonds is 11. The van der Waals surface area contributed by atoms with Crippen LogP contribution in [0.15, 0.2) is 60.7 Å². The van der Waals surface area contributed by atoms with Gasteiger partial charge in [-0.15, -0.1) is 0 Å². The number of carbonyl (C=O) groups is 3. The number of ether oxygens (including phenoxy) is 1. The van der Waals surface area contributed by atoms with Crippen molar-refractivity contribution in [2.75, 3.05) is 14.2 Å². The van der Waals surface area contributed by atoms with Crippen LogP contribution < -0.4 is 16.0 Å². The lowest BCUT2D eigenvalue weighted by Crippen LogP contribution is -2.50. The summed E-state index contributed by atoms with van der Waals surface area (Å²) in [5.41, 5.74) is 1.93. The third-order valence-electron chi connectivity index (χ3n) is 5.09. The number of methoxy groups -OCH3 is 1. The van der Waals surface area contributed by atoms with Crippen molar-refractivity contribution < 1.29 is 19.1 Å². The molecule has 2 amide bonds. The monoisotopic (exact) mass is 425 g/mol. The highest BCUT2D eigenvalue weighted by atomic mass is 16.5. The van der Waals surface area contributed by atoms with Gasteiger partial charge in [-0.3, -0.25) is 9.59 Å². The van der Waals surface area contributed by atoms with Crippen LogP contribution in [0.2, 0.25) is 0 Å². The van der Waals surface area contributed by atoms with E-state index in [0.29, 0.717) is 12.8 Å². The Kier molecular flexibility index (Phi) is 9.71. The van der Waals surface area contributed by atoms with Gasteiger partial charge in [-0.1, -0.05) is 60.7 Å². The van der Waals surface area contributed by atoms with Crippen LogP contribution in [-0.4, -0.2) is 44.0 Å². The minimum atomic E-state index is -0.803. The summed E-state index contributed by atoms with van der Waals surface area (Å²) in [6, 6.07) is 17.5. The molecule has 0 aliphatic heterocycles. The fourth-order valence-corrected chi connectivity index (χ4v) is 3.28. The Morgan fingerprint density at radius 1 is 0.903 bits per heavy atom. The molecule has 0 aliphatic carbocycles. The molecule has 2 aromatic rings. The van der Waals surface area contributed by atoms with Crippen LogP contribution >= 0.6 is 0 Å². The summed E-state index contributed by atoms with van der Waals surface area (Å²) in [7, 11) is 2.94. The van der Waals surface area contributed by atoms with E-state index in [2.05, 4.69) is 16.0 Å². The van der Waals surface area contributed by atoms with Gasteiger partial charge in [0.15, 0.2) is 0 Å². The van der Waals surface area contributed by atoms with E-state index in [4.69, 9.17) is 4.74 Å². The van der Waals surface area contributed by atoms with Gasteiger partial charge in [0.05, 0.1) is 19.2 Å². The second kappa shape index (κ2) is 12.5. The number of benzene rings is 2. The lowest BCUT2D eigenvalue weighted by Gasteiger charge is -2.21. The minimum Gasteiger partial charge on any atom is -0.467 e. The van der Waals surface area contributed by atoms with Crippen LogP contribution in [0.25, 0.3) is 0 Å². The molecule has 0 saturated heterocycles. The van der Waals surface area contributed by atoms with E-state index in [-0.39, 0.29) is 24.3 Å². The topological polar surface area (TPSA) is 96.5 Å². The molecule has 31 heavy (non-hydrogen) atoms. The van der Waals surface area contributed by atoms with E-state index in [0.717, 1.165) is 11.1 Å². The Bertz CT molecular complexity index is 842. The third kappa shape index (κ3) is 7.86. The second-order valence-corrected chi connectivity index (χ2v) is 7.35. The van der Waals surface area contributed by atoms with Crippen LogP contribution in [0.4, 0.5) is 0 Å². The normalized spacial score (nSPS) is 13.5. The molecule has 0 saturated carbocycles. The molecule has 0 bridgehead atoms. The molecule has 0 aliphatic rings. The molecule has 0 fully saturated rings. The molecular weight excluding hydrogens is 394 g/mol. The molecule has 0 spiro atoms. The fourth-order valence-electron chi connectivity index (χ4n) is 3.28. The molecule has 0 aromatic heterocycles. The Morgan fingerprint density at radius 3 is 2.10 bits per heavy atom. The molecule has 7 nitrogen and oxygen atoms in total. The maximum atomic E-state index is 12.7. The minimum absolute atomic E-state index is 0.120.